The molecule has 126 valence electrons. The first-order chi connectivity index (χ1) is 11.6. The molecule has 1 aromatic heterocycles. The summed E-state index contributed by atoms with van der Waals surface area (Å²) in [6.45, 7) is 2.99. The number of hydrogen-bond acceptors (Lipinski definition) is 3. The first-order valence-corrected chi connectivity index (χ1v) is 7.81. The van der Waals surface area contributed by atoms with Crippen LogP contribution in [0.15, 0.2) is 35.6 Å². The van der Waals surface area contributed by atoms with Gasteiger partial charge in [-0.15, -0.1) is 0 Å². The fourth-order valence-corrected chi connectivity index (χ4v) is 2.29. The summed E-state index contributed by atoms with van der Waals surface area (Å²) in [6.07, 6.45) is 3.17. The zero-order chi connectivity index (χ0) is 17.4. The number of unbranched alkanes of at least 4 members (excludes halogenated alkanes) is 1. The van der Waals surface area contributed by atoms with Crippen LogP contribution in [0.25, 0.3) is 21.7 Å². The highest BCUT2D eigenvalue weighted by atomic mass is 16.4. The zero-order valence-electron chi connectivity index (χ0n) is 13.5. The van der Waals surface area contributed by atoms with Crippen molar-refractivity contribution >= 4 is 11.8 Å². The summed E-state index contributed by atoms with van der Waals surface area (Å²) in [5, 5.41) is 12.7. The van der Waals surface area contributed by atoms with Crippen LogP contribution in [0, 0.1) is 0 Å². The molecule has 0 aliphatic heterocycles. The number of imidazole rings is 1. The minimum atomic E-state index is -0.899. The average molecular weight is 328 g/mol. The molecule has 0 bridgehead atoms. The molecule has 0 saturated carbocycles. The summed E-state index contributed by atoms with van der Waals surface area (Å²) in [7, 11) is 0. The number of carbonyl (C=O) groups is 1. The SMILES string of the molecule is CCCCN(CCc1ncc(-c2ccc(N=[N+]=[N-])cc2)[nH]1)C(=O)O. The summed E-state index contributed by atoms with van der Waals surface area (Å²) < 4.78 is 0. The molecule has 1 amide bonds. The van der Waals surface area contributed by atoms with Crippen molar-refractivity contribution in [2.24, 2.45) is 5.11 Å². The number of nitrogens with one attached hydrogen (secondary N) is 1. The Balaban J connectivity index is 1.99. The van der Waals surface area contributed by atoms with Crippen LogP contribution >= 0.6 is 0 Å². The highest BCUT2D eigenvalue weighted by Gasteiger charge is 2.12. The van der Waals surface area contributed by atoms with E-state index in [4.69, 9.17) is 5.53 Å². The molecule has 1 heterocycles. The van der Waals surface area contributed by atoms with Gasteiger partial charge in [0, 0.05) is 30.1 Å². The summed E-state index contributed by atoms with van der Waals surface area (Å²) in [6, 6.07) is 7.14. The number of H-pyrrole nitrogens is 1. The van der Waals surface area contributed by atoms with Gasteiger partial charge in [-0.1, -0.05) is 42.7 Å². The Morgan fingerprint density at radius 2 is 2.12 bits per heavy atom. The number of aromatic nitrogens is 2. The van der Waals surface area contributed by atoms with Gasteiger partial charge in [0.2, 0.25) is 0 Å². The number of amides is 1. The van der Waals surface area contributed by atoms with Crippen molar-refractivity contribution in [1.82, 2.24) is 14.9 Å². The highest BCUT2D eigenvalue weighted by molar-refractivity contribution is 5.65. The Hall–Kier alpha value is -2.99. The van der Waals surface area contributed by atoms with E-state index in [0.717, 1.165) is 29.9 Å². The molecule has 24 heavy (non-hydrogen) atoms. The molecule has 0 saturated heterocycles. The number of rotatable bonds is 8. The molecule has 0 atom stereocenters. The predicted molar refractivity (Wildman–Crippen MR) is 91.0 cm³/mol. The van der Waals surface area contributed by atoms with Crippen molar-refractivity contribution in [3.63, 3.8) is 0 Å². The fraction of sp³-hybridized carbons (Fsp3) is 0.375. The van der Waals surface area contributed by atoms with E-state index in [1.54, 1.807) is 18.3 Å². The monoisotopic (exact) mass is 328 g/mol. The zero-order valence-corrected chi connectivity index (χ0v) is 13.5. The summed E-state index contributed by atoms with van der Waals surface area (Å²) in [4.78, 5) is 22.9. The van der Waals surface area contributed by atoms with Crippen molar-refractivity contribution < 1.29 is 9.90 Å². The minimum absolute atomic E-state index is 0.415. The van der Waals surface area contributed by atoms with Gasteiger partial charge in [-0.2, -0.15) is 0 Å². The van der Waals surface area contributed by atoms with Gasteiger partial charge >= 0.3 is 6.09 Å². The van der Waals surface area contributed by atoms with Crippen LogP contribution in [0.2, 0.25) is 0 Å². The fourth-order valence-electron chi connectivity index (χ4n) is 2.29. The Labute approximate surface area is 139 Å². The molecule has 2 N–H and O–H groups in total. The second-order valence-corrected chi connectivity index (χ2v) is 5.35. The molecule has 0 unspecified atom stereocenters. The van der Waals surface area contributed by atoms with E-state index in [1.165, 1.54) is 4.90 Å². The number of azide groups is 1. The van der Waals surface area contributed by atoms with Crippen LogP contribution < -0.4 is 0 Å². The third-order valence-corrected chi connectivity index (χ3v) is 3.64. The normalized spacial score (nSPS) is 10.2. The minimum Gasteiger partial charge on any atom is -0.465 e. The molecular weight excluding hydrogens is 308 g/mol. The van der Waals surface area contributed by atoms with Gasteiger partial charge in [0.05, 0.1) is 11.9 Å². The van der Waals surface area contributed by atoms with Gasteiger partial charge in [0.1, 0.15) is 5.82 Å². The lowest BCUT2D eigenvalue weighted by Gasteiger charge is -2.17. The summed E-state index contributed by atoms with van der Waals surface area (Å²) in [5.74, 6) is 0.742. The van der Waals surface area contributed by atoms with Crippen LogP contribution in [-0.2, 0) is 6.42 Å². The maximum absolute atomic E-state index is 11.2. The molecular formula is C16H20N6O2. The number of benzene rings is 1. The van der Waals surface area contributed by atoms with Gasteiger partial charge in [-0.05, 0) is 17.5 Å². The molecule has 8 nitrogen and oxygen atoms in total. The van der Waals surface area contributed by atoms with Crippen molar-refractivity contribution in [3.8, 4) is 11.3 Å². The Kier molecular flexibility index (Phi) is 6.22. The molecule has 1 aromatic carbocycles. The summed E-state index contributed by atoms with van der Waals surface area (Å²) in [5.41, 5.74) is 10.7. The van der Waals surface area contributed by atoms with Crippen LogP contribution in [0.1, 0.15) is 25.6 Å². The second kappa shape index (κ2) is 8.59. The molecule has 2 rings (SSSR count). The van der Waals surface area contributed by atoms with Gasteiger partial charge in [-0.3, -0.25) is 0 Å². The highest BCUT2D eigenvalue weighted by Crippen LogP contribution is 2.21. The molecule has 0 radical (unpaired) electrons. The van der Waals surface area contributed by atoms with Crippen molar-refractivity contribution in [2.45, 2.75) is 26.2 Å². The Bertz CT molecular complexity index is 718. The third kappa shape index (κ3) is 4.76. The van der Waals surface area contributed by atoms with Crippen LogP contribution in [0.4, 0.5) is 10.5 Å². The Morgan fingerprint density at radius 3 is 2.75 bits per heavy atom. The first-order valence-electron chi connectivity index (χ1n) is 7.81. The lowest BCUT2D eigenvalue weighted by atomic mass is 10.1. The average Bonchev–Trinajstić information content (AvgIpc) is 3.04. The maximum Gasteiger partial charge on any atom is 0.407 e. The first kappa shape index (κ1) is 17.4. The quantitative estimate of drug-likeness (QED) is 0.426. The number of carboxylic acid groups (broad SMARTS) is 1. The molecule has 0 fully saturated rings. The van der Waals surface area contributed by atoms with E-state index in [9.17, 15) is 9.90 Å². The molecule has 0 aliphatic carbocycles. The Morgan fingerprint density at radius 1 is 1.38 bits per heavy atom. The van der Waals surface area contributed by atoms with Gasteiger partial charge in [0.15, 0.2) is 0 Å². The van der Waals surface area contributed by atoms with Crippen molar-refractivity contribution in [1.29, 1.82) is 0 Å². The number of aromatic amines is 1. The third-order valence-electron chi connectivity index (χ3n) is 3.64. The smallest absolute Gasteiger partial charge is 0.407 e. The van der Waals surface area contributed by atoms with Crippen LogP contribution in [0.3, 0.4) is 0 Å². The van der Waals surface area contributed by atoms with E-state index in [1.807, 2.05) is 19.1 Å². The molecule has 8 heteroatoms. The number of nitrogens with zero attached hydrogens (tertiary/aromatic N) is 5. The van der Waals surface area contributed by atoms with Crippen LogP contribution in [-0.4, -0.2) is 39.2 Å². The van der Waals surface area contributed by atoms with Crippen molar-refractivity contribution in [2.75, 3.05) is 13.1 Å². The molecule has 2 aromatic rings. The predicted octanol–water partition coefficient (Wildman–Crippen LogP) is 4.34. The lowest BCUT2D eigenvalue weighted by molar-refractivity contribution is 0.145. The molecule has 0 spiro atoms. The van der Waals surface area contributed by atoms with E-state index in [2.05, 4.69) is 20.0 Å². The van der Waals surface area contributed by atoms with Gasteiger partial charge in [-0.25, -0.2) is 9.78 Å². The van der Waals surface area contributed by atoms with Gasteiger partial charge < -0.3 is 15.0 Å². The molecule has 0 aliphatic rings. The standard InChI is InChI=1S/C16H20N6O2/c1-2-3-9-22(16(23)24)10-8-15-18-11-14(19-15)12-4-6-13(7-5-12)20-21-17/h4-7,11H,2-3,8-10H2,1H3,(H,18,19)(H,23,24). The van der Waals surface area contributed by atoms with Crippen molar-refractivity contribution in [3.05, 3.63) is 46.7 Å². The van der Waals surface area contributed by atoms with E-state index in [0.29, 0.717) is 25.2 Å². The van der Waals surface area contributed by atoms with E-state index < -0.39 is 6.09 Å². The largest absolute Gasteiger partial charge is 0.465 e. The summed E-state index contributed by atoms with van der Waals surface area (Å²) >= 11 is 0. The van der Waals surface area contributed by atoms with E-state index in [-0.39, 0.29) is 0 Å². The maximum atomic E-state index is 11.2. The van der Waals surface area contributed by atoms with E-state index >= 15 is 0 Å². The topological polar surface area (TPSA) is 118 Å². The lowest BCUT2D eigenvalue weighted by Crippen LogP contribution is -2.32. The second-order valence-electron chi connectivity index (χ2n) is 5.35. The van der Waals surface area contributed by atoms with Crippen LogP contribution in [0.5, 0.6) is 0 Å². The number of hydrogen-bond donors (Lipinski definition) is 2. The van der Waals surface area contributed by atoms with Gasteiger partial charge in [0.25, 0.3) is 0 Å².